The van der Waals surface area contributed by atoms with Crippen LogP contribution in [0.15, 0.2) is 132 Å². The normalized spacial score (nSPS) is 10.7. The minimum atomic E-state index is 0.882. The van der Waals surface area contributed by atoms with Gasteiger partial charge in [-0.05, 0) is 65.7 Å². The molecule has 0 saturated carbocycles. The second kappa shape index (κ2) is 8.14. The van der Waals surface area contributed by atoms with Crippen molar-refractivity contribution in [3.8, 4) is 22.5 Å². The summed E-state index contributed by atoms with van der Waals surface area (Å²) in [6, 6.07) is 41.9. The lowest BCUT2D eigenvalue weighted by Gasteiger charge is -2.25. The van der Waals surface area contributed by atoms with Crippen molar-refractivity contribution in [3.05, 3.63) is 128 Å². The Morgan fingerprint density at radius 3 is 1.63 bits per heavy atom. The Balaban J connectivity index is 1.51. The molecule has 2 heteroatoms. The van der Waals surface area contributed by atoms with Crippen LogP contribution in [0.5, 0.6) is 0 Å². The summed E-state index contributed by atoms with van der Waals surface area (Å²) >= 11 is 0. The Morgan fingerprint density at radius 1 is 0.433 bits per heavy atom. The number of nitrogens with zero attached hydrogens (tertiary/aromatic N) is 1. The van der Waals surface area contributed by atoms with Gasteiger partial charge in [-0.3, -0.25) is 0 Å². The first-order valence-corrected chi connectivity index (χ1v) is 10.0. The fourth-order valence-corrected chi connectivity index (χ4v) is 3.70. The maximum atomic E-state index is 5.55. The SMILES string of the molecule is c1ccc(N(c2ccccc2)c2ccc(-c3cccc(-c4ccco4)c3)cc2)cc1. The van der Waals surface area contributed by atoms with E-state index in [4.69, 9.17) is 4.42 Å². The smallest absolute Gasteiger partial charge is 0.133 e. The molecule has 0 N–H and O–H groups in total. The molecule has 4 aromatic carbocycles. The molecule has 0 fully saturated rings. The Labute approximate surface area is 176 Å². The molecule has 0 atom stereocenters. The summed E-state index contributed by atoms with van der Waals surface area (Å²) in [6.07, 6.45) is 1.71. The van der Waals surface area contributed by atoms with E-state index in [0.29, 0.717) is 0 Å². The van der Waals surface area contributed by atoms with E-state index in [0.717, 1.165) is 28.4 Å². The summed E-state index contributed by atoms with van der Waals surface area (Å²) in [7, 11) is 0. The molecule has 0 saturated heterocycles. The average Bonchev–Trinajstić information content (AvgIpc) is 3.37. The van der Waals surface area contributed by atoms with E-state index in [1.807, 2.05) is 24.3 Å². The largest absolute Gasteiger partial charge is 0.464 e. The van der Waals surface area contributed by atoms with Crippen LogP contribution in [0.25, 0.3) is 22.5 Å². The van der Waals surface area contributed by atoms with E-state index in [-0.39, 0.29) is 0 Å². The predicted molar refractivity (Wildman–Crippen MR) is 124 cm³/mol. The Hall–Kier alpha value is -4.04. The van der Waals surface area contributed by atoms with E-state index in [9.17, 15) is 0 Å². The van der Waals surface area contributed by atoms with Crippen molar-refractivity contribution in [1.29, 1.82) is 0 Å². The third-order valence-electron chi connectivity index (χ3n) is 5.16. The van der Waals surface area contributed by atoms with Crippen molar-refractivity contribution in [2.75, 3.05) is 4.90 Å². The number of rotatable bonds is 5. The van der Waals surface area contributed by atoms with Crippen LogP contribution in [0.4, 0.5) is 17.1 Å². The summed E-state index contributed by atoms with van der Waals surface area (Å²) < 4.78 is 5.55. The lowest BCUT2D eigenvalue weighted by Crippen LogP contribution is -2.09. The highest BCUT2D eigenvalue weighted by atomic mass is 16.3. The quantitative estimate of drug-likeness (QED) is 0.303. The van der Waals surface area contributed by atoms with E-state index in [2.05, 4.69) is 102 Å². The molecule has 2 nitrogen and oxygen atoms in total. The van der Waals surface area contributed by atoms with Gasteiger partial charge < -0.3 is 9.32 Å². The molecule has 0 amide bonds. The highest BCUT2D eigenvalue weighted by molar-refractivity contribution is 5.79. The van der Waals surface area contributed by atoms with E-state index in [1.165, 1.54) is 11.1 Å². The van der Waals surface area contributed by atoms with Crippen LogP contribution in [-0.4, -0.2) is 0 Å². The van der Waals surface area contributed by atoms with Gasteiger partial charge in [0.1, 0.15) is 5.76 Å². The summed E-state index contributed by atoms with van der Waals surface area (Å²) in [5, 5.41) is 0. The topological polar surface area (TPSA) is 16.4 Å². The highest BCUT2D eigenvalue weighted by Crippen LogP contribution is 2.35. The lowest BCUT2D eigenvalue weighted by atomic mass is 10.0. The predicted octanol–water partition coefficient (Wildman–Crippen LogP) is 8.08. The van der Waals surface area contributed by atoms with Crippen LogP contribution < -0.4 is 4.90 Å². The van der Waals surface area contributed by atoms with Gasteiger partial charge in [-0.25, -0.2) is 0 Å². The molecule has 30 heavy (non-hydrogen) atoms. The minimum Gasteiger partial charge on any atom is -0.464 e. The van der Waals surface area contributed by atoms with Crippen molar-refractivity contribution >= 4 is 17.1 Å². The van der Waals surface area contributed by atoms with Crippen LogP contribution in [-0.2, 0) is 0 Å². The molecular formula is C28H21NO. The maximum Gasteiger partial charge on any atom is 0.133 e. The van der Waals surface area contributed by atoms with E-state index >= 15 is 0 Å². The van der Waals surface area contributed by atoms with Crippen LogP contribution in [0.2, 0.25) is 0 Å². The number of benzene rings is 4. The highest BCUT2D eigenvalue weighted by Gasteiger charge is 2.12. The molecule has 0 bridgehead atoms. The van der Waals surface area contributed by atoms with Crippen molar-refractivity contribution < 1.29 is 4.42 Å². The van der Waals surface area contributed by atoms with Crippen LogP contribution in [0, 0.1) is 0 Å². The Kier molecular flexibility index (Phi) is 4.89. The van der Waals surface area contributed by atoms with Crippen molar-refractivity contribution in [3.63, 3.8) is 0 Å². The van der Waals surface area contributed by atoms with Gasteiger partial charge in [0.2, 0.25) is 0 Å². The molecular weight excluding hydrogens is 366 g/mol. The molecule has 0 radical (unpaired) electrons. The van der Waals surface area contributed by atoms with E-state index in [1.54, 1.807) is 6.26 Å². The summed E-state index contributed by atoms with van der Waals surface area (Å²) in [6.45, 7) is 0. The van der Waals surface area contributed by atoms with Crippen LogP contribution in [0.1, 0.15) is 0 Å². The third-order valence-corrected chi connectivity index (χ3v) is 5.16. The van der Waals surface area contributed by atoms with Gasteiger partial charge in [-0.15, -0.1) is 0 Å². The fourth-order valence-electron chi connectivity index (χ4n) is 3.70. The van der Waals surface area contributed by atoms with Gasteiger partial charge >= 0.3 is 0 Å². The van der Waals surface area contributed by atoms with Gasteiger partial charge in [-0.1, -0.05) is 66.7 Å². The molecule has 0 aliphatic carbocycles. The zero-order valence-corrected chi connectivity index (χ0v) is 16.5. The zero-order valence-electron chi connectivity index (χ0n) is 16.5. The molecule has 5 rings (SSSR count). The molecule has 1 heterocycles. The fraction of sp³-hybridized carbons (Fsp3) is 0. The van der Waals surface area contributed by atoms with Crippen molar-refractivity contribution in [1.82, 2.24) is 0 Å². The van der Waals surface area contributed by atoms with Crippen LogP contribution >= 0.6 is 0 Å². The van der Waals surface area contributed by atoms with Crippen molar-refractivity contribution in [2.45, 2.75) is 0 Å². The second-order valence-corrected chi connectivity index (χ2v) is 7.11. The minimum absolute atomic E-state index is 0.882. The maximum absolute atomic E-state index is 5.55. The number of furan rings is 1. The van der Waals surface area contributed by atoms with E-state index < -0.39 is 0 Å². The molecule has 0 aliphatic heterocycles. The molecule has 0 spiro atoms. The molecule has 0 aliphatic rings. The number of hydrogen-bond donors (Lipinski definition) is 0. The zero-order chi connectivity index (χ0) is 20.2. The molecule has 5 aromatic rings. The third kappa shape index (κ3) is 3.63. The van der Waals surface area contributed by atoms with Gasteiger partial charge in [0.05, 0.1) is 6.26 Å². The van der Waals surface area contributed by atoms with Crippen molar-refractivity contribution in [2.24, 2.45) is 0 Å². The summed E-state index contributed by atoms with van der Waals surface area (Å²) in [4.78, 5) is 2.27. The first-order valence-electron chi connectivity index (χ1n) is 10.0. The first kappa shape index (κ1) is 18.0. The summed E-state index contributed by atoms with van der Waals surface area (Å²) in [5.41, 5.74) is 6.82. The average molecular weight is 387 g/mol. The lowest BCUT2D eigenvalue weighted by molar-refractivity contribution is 0.582. The second-order valence-electron chi connectivity index (χ2n) is 7.11. The monoisotopic (exact) mass is 387 g/mol. The number of anilines is 3. The van der Waals surface area contributed by atoms with Crippen LogP contribution in [0.3, 0.4) is 0 Å². The molecule has 144 valence electrons. The number of para-hydroxylation sites is 2. The molecule has 1 aromatic heterocycles. The van der Waals surface area contributed by atoms with Gasteiger partial charge in [0.15, 0.2) is 0 Å². The summed E-state index contributed by atoms with van der Waals surface area (Å²) in [5.74, 6) is 0.882. The molecule has 0 unspecified atom stereocenters. The van der Waals surface area contributed by atoms with Gasteiger partial charge in [-0.2, -0.15) is 0 Å². The van der Waals surface area contributed by atoms with Gasteiger partial charge in [0, 0.05) is 22.6 Å². The Morgan fingerprint density at radius 2 is 1.03 bits per heavy atom. The Bertz CT molecular complexity index is 1170. The van der Waals surface area contributed by atoms with Gasteiger partial charge in [0.25, 0.3) is 0 Å². The first-order chi connectivity index (χ1) is 14.9. The number of hydrogen-bond acceptors (Lipinski definition) is 2. The standard InChI is InChI=1S/C28H21NO/c1-3-11-25(12-4-1)29(26-13-5-2-6-14-26)27-18-16-22(17-19-27)23-9-7-10-24(21-23)28-15-8-20-30-28/h1-21H.